The zero-order chi connectivity index (χ0) is 17.1. The first-order valence-corrected chi connectivity index (χ1v) is 7.82. The first kappa shape index (κ1) is 16.3. The summed E-state index contributed by atoms with van der Waals surface area (Å²) < 4.78 is 20.7. The van der Waals surface area contributed by atoms with Crippen LogP contribution in [0.2, 0.25) is 0 Å². The number of nitrogens with one attached hydrogen (secondary N) is 1. The number of benzene rings is 1. The van der Waals surface area contributed by atoms with Crippen LogP contribution < -0.4 is 10.7 Å². The Morgan fingerprint density at radius 2 is 2.25 bits per heavy atom. The molecule has 0 spiro atoms. The van der Waals surface area contributed by atoms with Crippen LogP contribution in [0.15, 0.2) is 35.1 Å². The molecule has 1 atom stereocenters. The third kappa shape index (κ3) is 3.35. The first-order chi connectivity index (χ1) is 11.6. The largest absolute Gasteiger partial charge is 0.376 e. The molecular weight excluding hydrogens is 313 g/mol. The summed E-state index contributed by atoms with van der Waals surface area (Å²) in [4.78, 5) is 24.4. The van der Waals surface area contributed by atoms with Crippen molar-refractivity contribution in [2.24, 2.45) is 0 Å². The van der Waals surface area contributed by atoms with E-state index in [0.29, 0.717) is 18.8 Å². The van der Waals surface area contributed by atoms with Crippen LogP contribution in [0.4, 0.5) is 4.39 Å². The average Bonchev–Trinajstić information content (AvgIpc) is 3.07. The summed E-state index contributed by atoms with van der Waals surface area (Å²) in [7, 11) is 0. The molecule has 1 aromatic carbocycles. The molecule has 7 heteroatoms. The van der Waals surface area contributed by atoms with E-state index in [4.69, 9.17) is 4.74 Å². The van der Waals surface area contributed by atoms with Crippen molar-refractivity contribution in [2.75, 3.05) is 13.2 Å². The fraction of sp³-hybridized carbons (Fsp3) is 0.353. The second kappa shape index (κ2) is 6.92. The van der Waals surface area contributed by atoms with E-state index in [-0.39, 0.29) is 17.5 Å². The van der Waals surface area contributed by atoms with Gasteiger partial charge >= 0.3 is 0 Å². The van der Waals surface area contributed by atoms with E-state index in [1.165, 1.54) is 22.9 Å². The number of hydrogen-bond acceptors (Lipinski definition) is 4. The van der Waals surface area contributed by atoms with Crippen molar-refractivity contribution in [1.82, 2.24) is 15.1 Å². The van der Waals surface area contributed by atoms with E-state index >= 15 is 0 Å². The predicted molar refractivity (Wildman–Crippen MR) is 85.8 cm³/mol. The van der Waals surface area contributed by atoms with E-state index in [2.05, 4.69) is 10.4 Å². The van der Waals surface area contributed by atoms with Crippen LogP contribution in [0.25, 0.3) is 5.69 Å². The van der Waals surface area contributed by atoms with Gasteiger partial charge in [0.1, 0.15) is 11.5 Å². The molecule has 3 rings (SSSR count). The maximum atomic E-state index is 14.0. The quantitative estimate of drug-likeness (QED) is 0.923. The summed E-state index contributed by atoms with van der Waals surface area (Å²) in [5, 5.41) is 6.72. The fourth-order valence-electron chi connectivity index (χ4n) is 2.67. The normalized spacial score (nSPS) is 17.0. The van der Waals surface area contributed by atoms with Gasteiger partial charge in [-0.3, -0.25) is 9.59 Å². The standard InChI is InChI=1S/C17H18FN3O3/c1-11-9-15(22)16(17(23)19-10-12-5-4-8-24-12)20-21(11)14-7-3-2-6-13(14)18/h2-3,6-7,9,12H,4-5,8,10H2,1H3,(H,19,23)/t12-/m0/s1. The fourth-order valence-corrected chi connectivity index (χ4v) is 2.67. The number of nitrogens with zero attached hydrogens (tertiary/aromatic N) is 2. The predicted octanol–water partition coefficient (Wildman–Crippen LogP) is 1.59. The van der Waals surface area contributed by atoms with Crippen molar-refractivity contribution in [2.45, 2.75) is 25.9 Å². The number of para-hydroxylation sites is 1. The number of ether oxygens (including phenoxy) is 1. The van der Waals surface area contributed by atoms with Gasteiger partial charge in [0, 0.05) is 24.9 Å². The highest BCUT2D eigenvalue weighted by molar-refractivity contribution is 5.92. The van der Waals surface area contributed by atoms with Crippen LogP contribution in [0.3, 0.4) is 0 Å². The van der Waals surface area contributed by atoms with Crippen molar-refractivity contribution in [3.05, 3.63) is 57.8 Å². The Hall–Kier alpha value is -2.54. The molecule has 1 N–H and O–H groups in total. The average molecular weight is 331 g/mol. The van der Waals surface area contributed by atoms with Gasteiger partial charge in [-0.1, -0.05) is 12.1 Å². The maximum absolute atomic E-state index is 14.0. The highest BCUT2D eigenvalue weighted by atomic mass is 19.1. The van der Waals surface area contributed by atoms with Crippen LogP contribution >= 0.6 is 0 Å². The molecule has 1 amide bonds. The molecule has 1 aliphatic rings. The third-order valence-electron chi connectivity index (χ3n) is 3.92. The molecule has 0 saturated carbocycles. The molecule has 24 heavy (non-hydrogen) atoms. The van der Waals surface area contributed by atoms with Crippen molar-refractivity contribution < 1.29 is 13.9 Å². The number of hydrogen-bond donors (Lipinski definition) is 1. The first-order valence-electron chi connectivity index (χ1n) is 7.82. The molecule has 0 unspecified atom stereocenters. The van der Waals surface area contributed by atoms with Crippen LogP contribution in [0.1, 0.15) is 29.0 Å². The molecule has 126 valence electrons. The van der Waals surface area contributed by atoms with E-state index in [1.807, 2.05) is 0 Å². The number of halogens is 1. The van der Waals surface area contributed by atoms with Gasteiger partial charge in [-0.05, 0) is 31.9 Å². The second-order valence-electron chi connectivity index (χ2n) is 5.71. The second-order valence-corrected chi connectivity index (χ2v) is 5.71. The maximum Gasteiger partial charge on any atom is 0.275 e. The summed E-state index contributed by atoms with van der Waals surface area (Å²) in [6.07, 6.45) is 1.80. The Labute approximate surface area is 138 Å². The summed E-state index contributed by atoms with van der Waals surface area (Å²) in [5.74, 6) is -1.07. The van der Waals surface area contributed by atoms with Gasteiger partial charge in [-0.25, -0.2) is 9.07 Å². The van der Waals surface area contributed by atoms with E-state index in [9.17, 15) is 14.0 Å². The zero-order valence-corrected chi connectivity index (χ0v) is 13.3. The molecule has 1 aliphatic heterocycles. The number of carbonyl (C=O) groups excluding carboxylic acids is 1. The Morgan fingerprint density at radius 3 is 2.96 bits per heavy atom. The molecule has 0 aliphatic carbocycles. The number of carbonyl (C=O) groups is 1. The van der Waals surface area contributed by atoms with Gasteiger partial charge < -0.3 is 10.1 Å². The van der Waals surface area contributed by atoms with Crippen molar-refractivity contribution >= 4 is 5.91 Å². The monoisotopic (exact) mass is 331 g/mol. The van der Waals surface area contributed by atoms with Gasteiger partial charge in [-0.2, -0.15) is 5.10 Å². The van der Waals surface area contributed by atoms with Gasteiger partial charge in [0.25, 0.3) is 5.91 Å². The Balaban J connectivity index is 1.88. The number of amides is 1. The lowest BCUT2D eigenvalue weighted by Gasteiger charge is -2.13. The molecule has 1 aromatic heterocycles. The highest BCUT2D eigenvalue weighted by Crippen LogP contribution is 2.13. The molecule has 2 aromatic rings. The molecule has 0 radical (unpaired) electrons. The minimum absolute atomic E-state index is 0.0341. The summed E-state index contributed by atoms with van der Waals surface area (Å²) in [6.45, 7) is 2.64. The number of rotatable bonds is 4. The van der Waals surface area contributed by atoms with Crippen LogP contribution in [-0.2, 0) is 4.74 Å². The van der Waals surface area contributed by atoms with Crippen molar-refractivity contribution in [1.29, 1.82) is 0 Å². The van der Waals surface area contributed by atoms with Gasteiger partial charge in [0.05, 0.1) is 6.10 Å². The van der Waals surface area contributed by atoms with E-state index in [1.54, 1.807) is 19.1 Å². The molecule has 0 bridgehead atoms. The van der Waals surface area contributed by atoms with Crippen molar-refractivity contribution in [3.8, 4) is 5.69 Å². The van der Waals surface area contributed by atoms with Crippen LogP contribution in [0, 0.1) is 12.7 Å². The molecule has 1 saturated heterocycles. The number of aryl methyl sites for hydroxylation is 1. The Kier molecular flexibility index (Phi) is 4.71. The Morgan fingerprint density at radius 1 is 1.46 bits per heavy atom. The molecule has 1 fully saturated rings. The minimum Gasteiger partial charge on any atom is -0.376 e. The molecular formula is C17H18FN3O3. The molecule has 2 heterocycles. The topological polar surface area (TPSA) is 73.2 Å². The lowest BCUT2D eigenvalue weighted by atomic mass is 10.2. The van der Waals surface area contributed by atoms with Gasteiger partial charge in [-0.15, -0.1) is 0 Å². The highest BCUT2D eigenvalue weighted by Gasteiger charge is 2.20. The van der Waals surface area contributed by atoms with Crippen LogP contribution in [0.5, 0.6) is 0 Å². The Bertz CT molecular complexity index is 813. The van der Waals surface area contributed by atoms with Gasteiger partial charge in [0.2, 0.25) is 5.43 Å². The van der Waals surface area contributed by atoms with Crippen LogP contribution in [-0.4, -0.2) is 34.9 Å². The number of aromatic nitrogens is 2. The van der Waals surface area contributed by atoms with E-state index < -0.39 is 17.2 Å². The van der Waals surface area contributed by atoms with Gasteiger partial charge in [0.15, 0.2) is 5.69 Å². The smallest absolute Gasteiger partial charge is 0.275 e. The zero-order valence-electron chi connectivity index (χ0n) is 13.3. The third-order valence-corrected chi connectivity index (χ3v) is 3.92. The summed E-state index contributed by atoms with van der Waals surface area (Å²) in [5.41, 5.74) is -0.129. The summed E-state index contributed by atoms with van der Waals surface area (Å²) >= 11 is 0. The van der Waals surface area contributed by atoms with E-state index in [0.717, 1.165) is 12.8 Å². The molecule has 6 nitrogen and oxygen atoms in total. The minimum atomic E-state index is -0.583. The lowest BCUT2D eigenvalue weighted by molar-refractivity contribution is 0.0851. The van der Waals surface area contributed by atoms with Crippen molar-refractivity contribution in [3.63, 3.8) is 0 Å². The lowest BCUT2D eigenvalue weighted by Crippen LogP contribution is -2.36. The summed E-state index contributed by atoms with van der Waals surface area (Å²) in [6, 6.07) is 7.33. The SMILES string of the molecule is Cc1cc(=O)c(C(=O)NC[C@@H]2CCCO2)nn1-c1ccccc1F.